The summed E-state index contributed by atoms with van der Waals surface area (Å²) >= 11 is 1.26. The number of carboxylic acid groups (broad SMARTS) is 1. The molecule has 3 rings (SSSR count). The van der Waals surface area contributed by atoms with Crippen molar-refractivity contribution < 1.29 is 24.2 Å². The molecule has 1 aromatic heterocycles. The average molecular weight is 377 g/mol. The van der Waals surface area contributed by atoms with E-state index in [1.807, 2.05) is 13.0 Å². The lowest BCUT2D eigenvalue weighted by atomic mass is 10.1. The van der Waals surface area contributed by atoms with E-state index in [2.05, 4.69) is 15.6 Å². The first-order chi connectivity index (χ1) is 12.6. The fourth-order valence-electron chi connectivity index (χ4n) is 2.43. The Morgan fingerprint density at radius 3 is 2.92 bits per heavy atom. The second kappa shape index (κ2) is 8.05. The summed E-state index contributed by atoms with van der Waals surface area (Å²) in [4.78, 5) is 27.7. The number of benzene rings is 1. The molecule has 0 spiro atoms. The molecule has 1 aliphatic heterocycles. The fourth-order valence-corrected chi connectivity index (χ4v) is 3.14. The number of aromatic nitrogens is 1. The van der Waals surface area contributed by atoms with Gasteiger partial charge in [-0.1, -0.05) is 19.8 Å². The number of carbonyl (C=O) groups excluding carboxylic acids is 1. The molecule has 0 saturated heterocycles. The lowest BCUT2D eigenvalue weighted by Crippen LogP contribution is -2.40. The number of aliphatic carboxylic acids is 1. The Kier molecular flexibility index (Phi) is 5.57. The minimum atomic E-state index is -1.04. The van der Waals surface area contributed by atoms with Crippen LogP contribution in [0.5, 0.6) is 11.5 Å². The lowest BCUT2D eigenvalue weighted by Gasteiger charge is -2.12. The predicted octanol–water partition coefficient (Wildman–Crippen LogP) is 2.99. The number of anilines is 2. The number of unbranched alkanes of at least 4 members (excludes halogenated alkanes) is 1. The zero-order valence-corrected chi connectivity index (χ0v) is 15.0. The summed E-state index contributed by atoms with van der Waals surface area (Å²) in [7, 11) is 0. The summed E-state index contributed by atoms with van der Waals surface area (Å²) in [6.07, 6.45) is 1.98. The summed E-state index contributed by atoms with van der Waals surface area (Å²) in [5.74, 6) is -0.212. The number of rotatable bonds is 8. The van der Waals surface area contributed by atoms with Crippen molar-refractivity contribution in [2.45, 2.75) is 32.2 Å². The number of amides is 1. The molecule has 0 bridgehead atoms. The van der Waals surface area contributed by atoms with Gasteiger partial charge in [-0.15, -0.1) is 11.3 Å². The van der Waals surface area contributed by atoms with Crippen LogP contribution >= 0.6 is 11.3 Å². The van der Waals surface area contributed by atoms with Crippen LogP contribution in [0.1, 0.15) is 36.7 Å². The highest BCUT2D eigenvalue weighted by Gasteiger charge is 2.21. The fraction of sp³-hybridized carbons (Fsp3) is 0.353. The van der Waals surface area contributed by atoms with Crippen molar-refractivity contribution in [1.82, 2.24) is 10.3 Å². The van der Waals surface area contributed by atoms with Gasteiger partial charge in [0.05, 0.1) is 0 Å². The second-order valence-corrected chi connectivity index (χ2v) is 6.60. The molecule has 1 atom stereocenters. The quantitative estimate of drug-likeness (QED) is 0.649. The lowest BCUT2D eigenvalue weighted by molar-refractivity contribution is -0.139. The Labute approximate surface area is 154 Å². The van der Waals surface area contributed by atoms with E-state index in [0.717, 1.165) is 18.5 Å². The highest BCUT2D eigenvalue weighted by Crippen LogP contribution is 2.35. The number of nitrogens with one attached hydrogen (secondary N) is 2. The Hall–Kier alpha value is -2.81. The van der Waals surface area contributed by atoms with Gasteiger partial charge in [0.25, 0.3) is 5.91 Å². The van der Waals surface area contributed by atoms with Crippen molar-refractivity contribution in [2.75, 3.05) is 12.1 Å². The van der Waals surface area contributed by atoms with Gasteiger partial charge in [0.1, 0.15) is 11.7 Å². The first-order valence-corrected chi connectivity index (χ1v) is 9.10. The molecule has 0 saturated carbocycles. The largest absolute Gasteiger partial charge is 0.480 e. The third kappa shape index (κ3) is 4.23. The first-order valence-electron chi connectivity index (χ1n) is 8.22. The Morgan fingerprint density at radius 1 is 1.35 bits per heavy atom. The van der Waals surface area contributed by atoms with Crippen LogP contribution in [-0.4, -0.2) is 34.8 Å². The zero-order chi connectivity index (χ0) is 18.5. The second-order valence-electron chi connectivity index (χ2n) is 5.74. The van der Waals surface area contributed by atoms with E-state index in [1.165, 1.54) is 11.3 Å². The Balaban J connectivity index is 1.63. The van der Waals surface area contributed by atoms with Gasteiger partial charge in [-0.05, 0) is 18.6 Å². The van der Waals surface area contributed by atoms with Gasteiger partial charge in [0.2, 0.25) is 6.79 Å². The standard InChI is InChI=1S/C17H19N3O5S/c1-2-3-4-11(16(22)23)19-15(21)12-8-26-17(20-12)18-10-5-6-13-14(7-10)25-9-24-13/h5-8,11H,2-4,9H2,1H3,(H,18,20)(H,19,21)(H,22,23). The molecule has 138 valence electrons. The van der Waals surface area contributed by atoms with Gasteiger partial charge in [-0.3, -0.25) is 4.79 Å². The van der Waals surface area contributed by atoms with Gasteiger partial charge >= 0.3 is 5.97 Å². The van der Waals surface area contributed by atoms with E-state index in [4.69, 9.17) is 9.47 Å². The van der Waals surface area contributed by atoms with Crippen molar-refractivity contribution in [3.8, 4) is 11.5 Å². The average Bonchev–Trinajstić information content (AvgIpc) is 3.27. The SMILES string of the molecule is CCCCC(NC(=O)c1csc(Nc2ccc3c(c2)OCO3)n1)C(=O)O. The van der Waals surface area contributed by atoms with Crippen LogP contribution in [0.25, 0.3) is 0 Å². The summed E-state index contributed by atoms with van der Waals surface area (Å²) in [6, 6.07) is 4.49. The normalized spacial score (nSPS) is 13.3. The number of hydrogen-bond acceptors (Lipinski definition) is 7. The maximum Gasteiger partial charge on any atom is 0.326 e. The van der Waals surface area contributed by atoms with Gasteiger partial charge in [-0.25, -0.2) is 9.78 Å². The van der Waals surface area contributed by atoms with Crippen LogP contribution in [0.3, 0.4) is 0 Å². The van der Waals surface area contributed by atoms with Crippen molar-refractivity contribution >= 4 is 34.0 Å². The molecule has 9 heteroatoms. The molecule has 1 aromatic carbocycles. The van der Waals surface area contributed by atoms with Gasteiger partial charge in [0, 0.05) is 17.1 Å². The number of ether oxygens (including phenoxy) is 2. The zero-order valence-electron chi connectivity index (χ0n) is 14.2. The highest BCUT2D eigenvalue weighted by atomic mass is 32.1. The first kappa shape index (κ1) is 18.0. The summed E-state index contributed by atoms with van der Waals surface area (Å²) < 4.78 is 10.6. The number of carboxylic acids is 1. The molecule has 1 aliphatic rings. The molecule has 0 radical (unpaired) electrons. The number of fused-ring (bicyclic) bond motifs is 1. The molecular formula is C17H19N3O5S. The monoisotopic (exact) mass is 377 g/mol. The maximum absolute atomic E-state index is 12.2. The van der Waals surface area contributed by atoms with E-state index in [1.54, 1.807) is 17.5 Å². The third-order valence-electron chi connectivity index (χ3n) is 3.81. The Morgan fingerprint density at radius 2 is 2.15 bits per heavy atom. The maximum atomic E-state index is 12.2. The third-order valence-corrected chi connectivity index (χ3v) is 4.57. The van der Waals surface area contributed by atoms with Crippen molar-refractivity contribution in [1.29, 1.82) is 0 Å². The molecule has 26 heavy (non-hydrogen) atoms. The molecule has 1 amide bonds. The van der Waals surface area contributed by atoms with Crippen LogP contribution in [0.2, 0.25) is 0 Å². The van der Waals surface area contributed by atoms with E-state index in [0.29, 0.717) is 23.1 Å². The summed E-state index contributed by atoms with van der Waals surface area (Å²) in [6.45, 7) is 2.17. The van der Waals surface area contributed by atoms with Gasteiger partial charge in [0.15, 0.2) is 16.6 Å². The number of hydrogen-bond donors (Lipinski definition) is 3. The summed E-state index contributed by atoms with van der Waals surface area (Å²) in [5, 5.41) is 16.9. The Bertz CT molecular complexity index is 807. The van der Waals surface area contributed by atoms with E-state index in [9.17, 15) is 14.7 Å². The van der Waals surface area contributed by atoms with Crippen LogP contribution in [0.15, 0.2) is 23.6 Å². The molecule has 0 aliphatic carbocycles. The van der Waals surface area contributed by atoms with Gasteiger partial charge < -0.3 is 25.2 Å². The molecule has 3 N–H and O–H groups in total. The molecular weight excluding hydrogens is 358 g/mol. The van der Waals surface area contributed by atoms with E-state index >= 15 is 0 Å². The number of thiazole rings is 1. The van der Waals surface area contributed by atoms with Crippen LogP contribution < -0.4 is 20.1 Å². The van der Waals surface area contributed by atoms with Crippen molar-refractivity contribution in [3.05, 3.63) is 29.3 Å². The molecule has 2 heterocycles. The molecule has 1 unspecified atom stereocenters. The topological polar surface area (TPSA) is 110 Å². The highest BCUT2D eigenvalue weighted by molar-refractivity contribution is 7.14. The van der Waals surface area contributed by atoms with Crippen molar-refractivity contribution in [2.24, 2.45) is 0 Å². The molecule has 8 nitrogen and oxygen atoms in total. The van der Waals surface area contributed by atoms with E-state index < -0.39 is 17.9 Å². The van der Waals surface area contributed by atoms with Crippen LogP contribution in [0.4, 0.5) is 10.8 Å². The number of nitrogens with zero attached hydrogens (tertiary/aromatic N) is 1. The minimum absolute atomic E-state index is 0.181. The van der Waals surface area contributed by atoms with Crippen LogP contribution in [-0.2, 0) is 4.79 Å². The summed E-state index contributed by atoms with van der Waals surface area (Å²) in [5.41, 5.74) is 0.933. The predicted molar refractivity (Wildman–Crippen MR) is 96.4 cm³/mol. The smallest absolute Gasteiger partial charge is 0.326 e. The number of carbonyl (C=O) groups is 2. The van der Waals surface area contributed by atoms with Crippen molar-refractivity contribution in [3.63, 3.8) is 0 Å². The molecule has 0 fully saturated rings. The van der Waals surface area contributed by atoms with Gasteiger partial charge in [-0.2, -0.15) is 0 Å². The van der Waals surface area contributed by atoms with E-state index in [-0.39, 0.29) is 12.5 Å². The van der Waals surface area contributed by atoms with Crippen LogP contribution in [0, 0.1) is 0 Å². The minimum Gasteiger partial charge on any atom is -0.480 e. The molecule has 2 aromatic rings.